The molecule has 2 aromatic rings. The number of rotatable bonds is 5. The van der Waals surface area contributed by atoms with Gasteiger partial charge in [-0.25, -0.2) is 4.39 Å². The molecule has 2 aromatic carbocycles. The van der Waals surface area contributed by atoms with E-state index in [-0.39, 0.29) is 5.91 Å². The first kappa shape index (κ1) is 15.2. The summed E-state index contributed by atoms with van der Waals surface area (Å²) in [6.07, 6.45) is 0. The highest BCUT2D eigenvalue weighted by atomic mass is 19.1. The topological polar surface area (TPSA) is 41.1 Å². The van der Waals surface area contributed by atoms with Gasteiger partial charge in [-0.1, -0.05) is 19.1 Å². The molecule has 4 heteroatoms. The lowest BCUT2D eigenvalue weighted by atomic mass is 10.1. The van der Waals surface area contributed by atoms with Crippen LogP contribution in [0.2, 0.25) is 0 Å². The Hall–Kier alpha value is -2.20. The normalized spacial score (nSPS) is 10.4. The third-order valence-corrected chi connectivity index (χ3v) is 3.10. The van der Waals surface area contributed by atoms with Gasteiger partial charge in [0.2, 0.25) is 0 Å². The van der Waals surface area contributed by atoms with Crippen LogP contribution in [0.5, 0.6) is 0 Å². The fourth-order valence-corrected chi connectivity index (χ4v) is 2.05. The number of hydrogen-bond acceptors (Lipinski definition) is 2. The Morgan fingerprint density at radius 2 is 1.86 bits per heavy atom. The number of nitrogens with one attached hydrogen (secondary N) is 2. The molecular weight excluding hydrogens is 267 g/mol. The van der Waals surface area contributed by atoms with Crippen molar-refractivity contribution in [1.29, 1.82) is 0 Å². The predicted octanol–water partition coefficient (Wildman–Crippen LogP) is 3.50. The zero-order valence-electron chi connectivity index (χ0n) is 12.2. The van der Waals surface area contributed by atoms with Crippen molar-refractivity contribution >= 4 is 11.6 Å². The Morgan fingerprint density at radius 1 is 1.14 bits per heavy atom. The summed E-state index contributed by atoms with van der Waals surface area (Å²) in [7, 11) is 0. The number of anilines is 1. The number of hydrogen-bond donors (Lipinski definition) is 2. The minimum Gasteiger partial charge on any atom is -0.322 e. The van der Waals surface area contributed by atoms with Crippen LogP contribution >= 0.6 is 0 Å². The molecule has 0 saturated carbocycles. The van der Waals surface area contributed by atoms with Crippen molar-refractivity contribution in [3.05, 3.63) is 65.0 Å². The Morgan fingerprint density at radius 3 is 2.48 bits per heavy atom. The summed E-state index contributed by atoms with van der Waals surface area (Å²) in [5.41, 5.74) is 2.89. The molecular formula is C17H19FN2O. The summed E-state index contributed by atoms with van der Waals surface area (Å²) in [4.78, 5) is 12.1. The molecule has 0 aliphatic carbocycles. The molecule has 2 rings (SSSR count). The van der Waals surface area contributed by atoms with Crippen molar-refractivity contribution in [1.82, 2.24) is 5.32 Å². The molecule has 110 valence electrons. The van der Waals surface area contributed by atoms with Crippen LogP contribution in [0.1, 0.15) is 28.4 Å². The van der Waals surface area contributed by atoms with Crippen molar-refractivity contribution in [2.45, 2.75) is 20.4 Å². The highest BCUT2D eigenvalue weighted by Gasteiger charge is 2.08. The van der Waals surface area contributed by atoms with Crippen LogP contribution in [0, 0.1) is 12.7 Å². The SMILES string of the molecule is CCNCc1ccc(NC(=O)c2cc(C)cc(F)c2)cc1. The van der Waals surface area contributed by atoms with E-state index >= 15 is 0 Å². The summed E-state index contributed by atoms with van der Waals surface area (Å²) >= 11 is 0. The fourth-order valence-electron chi connectivity index (χ4n) is 2.05. The van der Waals surface area contributed by atoms with Gasteiger partial charge in [0, 0.05) is 17.8 Å². The van der Waals surface area contributed by atoms with Gasteiger partial charge in [-0.05, 0) is 54.9 Å². The highest BCUT2D eigenvalue weighted by Crippen LogP contribution is 2.13. The van der Waals surface area contributed by atoms with Gasteiger partial charge in [0.25, 0.3) is 5.91 Å². The third-order valence-electron chi connectivity index (χ3n) is 3.10. The first-order chi connectivity index (χ1) is 10.1. The standard InChI is InChI=1S/C17H19FN2O/c1-3-19-11-13-4-6-16(7-5-13)20-17(21)14-8-12(2)9-15(18)10-14/h4-10,19H,3,11H2,1-2H3,(H,20,21). The highest BCUT2D eigenvalue weighted by molar-refractivity contribution is 6.04. The average Bonchev–Trinajstić information content (AvgIpc) is 2.45. The Labute approximate surface area is 124 Å². The number of aryl methyl sites for hydroxylation is 1. The van der Waals surface area contributed by atoms with Crippen molar-refractivity contribution in [2.24, 2.45) is 0 Å². The first-order valence-electron chi connectivity index (χ1n) is 6.96. The molecule has 0 aromatic heterocycles. The third kappa shape index (κ3) is 4.39. The Kier molecular flexibility index (Phi) is 5.06. The van der Waals surface area contributed by atoms with Gasteiger partial charge in [0.1, 0.15) is 5.82 Å². The molecule has 0 aliphatic heterocycles. The lowest BCUT2D eigenvalue weighted by molar-refractivity contribution is 0.102. The maximum Gasteiger partial charge on any atom is 0.255 e. The van der Waals surface area contributed by atoms with Crippen LogP contribution in [0.25, 0.3) is 0 Å². The van der Waals surface area contributed by atoms with Crippen molar-refractivity contribution < 1.29 is 9.18 Å². The summed E-state index contributed by atoms with van der Waals surface area (Å²) in [6, 6.07) is 11.9. The second kappa shape index (κ2) is 6.99. The van der Waals surface area contributed by atoms with E-state index in [0.29, 0.717) is 11.3 Å². The van der Waals surface area contributed by atoms with Crippen LogP contribution in [0.4, 0.5) is 10.1 Å². The molecule has 2 N–H and O–H groups in total. The second-order valence-electron chi connectivity index (χ2n) is 4.95. The minimum absolute atomic E-state index is 0.308. The molecule has 0 radical (unpaired) electrons. The predicted molar refractivity (Wildman–Crippen MR) is 82.9 cm³/mol. The van der Waals surface area contributed by atoms with Crippen molar-refractivity contribution in [3.8, 4) is 0 Å². The molecule has 0 saturated heterocycles. The summed E-state index contributed by atoms with van der Waals surface area (Å²) < 4.78 is 13.3. The molecule has 0 spiro atoms. The number of halogens is 1. The number of carbonyl (C=O) groups is 1. The van der Waals surface area contributed by atoms with E-state index in [1.54, 1.807) is 13.0 Å². The quantitative estimate of drug-likeness (QED) is 0.883. The van der Waals surface area contributed by atoms with Gasteiger partial charge in [0.05, 0.1) is 0 Å². The summed E-state index contributed by atoms with van der Waals surface area (Å²) in [5, 5.41) is 6.00. The molecule has 0 atom stereocenters. The molecule has 1 amide bonds. The van der Waals surface area contributed by atoms with Crippen LogP contribution in [0.15, 0.2) is 42.5 Å². The molecule has 0 bridgehead atoms. The van der Waals surface area contributed by atoms with Crippen LogP contribution in [0.3, 0.4) is 0 Å². The van der Waals surface area contributed by atoms with E-state index in [9.17, 15) is 9.18 Å². The van der Waals surface area contributed by atoms with Gasteiger partial charge in [-0.3, -0.25) is 4.79 Å². The van der Waals surface area contributed by atoms with Crippen molar-refractivity contribution in [3.63, 3.8) is 0 Å². The molecule has 21 heavy (non-hydrogen) atoms. The van der Waals surface area contributed by atoms with Gasteiger partial charge in [-0.15, -0.1) is 0 Å². The van der Waals surface area contributed by atoms with E-state index in [2.05, 4.69) is 17.6 Å². The smallest absolute Gasteiger partial charge is 0.255 e. The number of benzene rings is 2. The molecule has 0 aliphatic rings. The largest absolute Gasteiger partial charge is 0.322 e. The second-order valence-corrected chi connectivity index (χ2v) is 4.95. The number of carbonyl (C=O) groups excluding carboxylic acids is 1. The zero-order chi connectivity index (χ0) is 15.2. The van der Waals surface area contributed by atoms with E-state index in [0.717, 1.165) is 24.2 Å². The van der Waals surface area contributed by atoms with Crippen LogP contribution < -0.4 is 10.6 Å². The fraction of sp³-hybridized carbons (Fsp3) is 0.235. The van der Waals surface area contributed by atoms with Crippen LogP contribution in [-0.4, -0.2) is 12.5 Å². The maximum absolute atomic E-state index is 13.3. The molecule has 3 nitrogen and oxygen atoms in total. The van der Waals surface area contributed by atoms with Crippen molar-refractivity contribution in [2.75, 3.05) is 11.9 Å². The zero-order valence-corrected chi connectivity index (χ0v) is 12.2. The molecule has 0 unspecified atom stereocenters. The lowest BCUT2D eigenvalue weighted by Crippen LogP contribution is -2.13. The Bertz CT molecular complexity index is 603. The first-order valence-corrected chi connectivity index (χ1v) is 6.96. The minimum atomic E-state index is -0.402. The number of amides is 1. The van der Waals surface area contributed by atoms with E-state index < -0.39 is 5.82 Å². The van der Waals surface area contributed by atoms with E-state index in [4.69, 9.17) is 0 Å². The van der Waals surface area contributed by atoms with Gasteiger partial charge in [-0.2, -0.15) is 0 Å². The summed E-state index contributed by atoms with van der Waals surface area (Å²) in [5.74, 6) is -0.710. The van der Waals surface area contributed by atoms with Gasteiger partial charge < -0.3 is 10.6 Å². The monoisotopic (exact) mass is 286 g/mol. The molecule has 0 fully saturated rings. The lowest BCUT2D eigenvalue weighted by Gasteiger charge is -2.08. The van der Waals surface area contributed by atoms with Gasteiger partial charge >= 0.3 is 0 Å². The van der Waals surface area contributed by atoms with E-state index in [1.807, 2.05) is 24.3 Å². The van der Waals surface area contributed by atoms with Crippen LogP contribution in [-0.2, 0) is 6.54 Å². The maximum atomic E-state index is 13.3. The average molecular weight is 286 g/mol. The van der Waals surface area contributed by atoms with E-state index in [1.165, 1.54) is 12.1 Å². The summed E-state index contributed by atoms with van der Waals surface area (Å²) in [6.45, 7) is 5.52. The van der Waals surface area contributed by atoms with Gasteiger partial charge in [0.15, 0.2) is 0 Å². The molecule has 0 heterocycles. The Balaban J connectivity index is 2.05.